The first-order chi connectivity index (χ1) is 12.2. The molecule has 0 N–H and O–H groups in total. The van der Waals surface area contributed by atoms with E-state index in [2.05, 4.69) is 9.97 Å². The van der Waals surface area contributed by atoms with Gasteiger partial charge in [0.05, 0.1) is 11.9 Å². The molecule has 0 atom stereocenters. The molecule has 0 amide bonds. The monoisotopic (exact) mass is 368 g/mol. The molecule has 0 spiro atoms. The van der Waals surface area contributed by atoms with E-state index in [0.717, 1.165) is 18.3 Å². The number of hydrogen-bond donors (Lipinski definition) is 0. The number of carbonyl (C=O) groups excluding carboxylic acids is 2. The maximum Gasteiger partial charge on any atom is 0.433 e. The molecule has 0 aliphatic heterocycles. The summed E-state index contributed by atoms with van der Waals surface area (Å²) in [4.78, 5) is 31.4. The number of hydrogen-bond acceptors (Lipinski definition) is 4. The van der Waals surface area contributed by atoms with E-state index in [9.17, 15) is 27.2 Å². The van der Waals surface area contributed by atoms with Crippen LogP contribution in [0.3, 0.4) is 0 Å². The Labute approximate surface area is 147 Å². The fourth-order valence-electron chi connectivity index (χ4n) is 2.58. The SMILES string of the molecule is CCC(=O)C(C(=O)CC)c1ccc(-c2cncc(F)c2)nc1C(F)(F)F. The zero-order valence-corrected chi connectivity index (χ0v) is 14.1. The van der Waals surface area contributed by atoms with Crippen molar-refractivity contribution in [3.63, 3.8) is 0 Å². The number of Topliss-reactive ketones (excluding diaryl/α,β-unsaturated/α-hetero) is 2. The predicted molar refractivity (Wildman–Crippen MR) is 85.8 cm³/mol. The lowest BCUT2D eigenvalue weighted by Gasteiger charge is -2.19. The minimum atomic E-state index is -4.88. The molecule has 0 radical (unpaired) electrons. The second kappa shape index (κ2) is 7.72. The van der Waals surface area contributed by atoms with Crippen LogP contribution < -0.4 is 0 Å². The standard InChI is InChI=1S/C18H16F4N2O2/c1-3-14(25)16(15(26)4-2)12-5-6-13(24-17(12)18(20,21)22)10-7-11(19)9-23-8-10/h5-9,16H,3-4H2,1-2H3. The lowest BCUT2D eigenvalue weighted by atomic mass is 9.86. The number of nitrogens with zero attached hydrogens (tertiary/aromatic N) is 2. The van der Waals surface area contributed by atoms with Gasteiger partial charge in [0.2, 0.25) is 0 Å². The lowest BCUT2D eigenvalue weighted by molar-refractivity contribution is -0.142. The summed E-state index contributed by atoms with van der Waals surface area (Å²) in [5.74, 6) is -3.45. The van der Waals surface area contributed by atoms with E-state index in [-0.39, 0.29) is 24.1 Å². The van der Waals surface area contributed by atoms with Gasteiger partial charge in [0, 0.05) is 30.2 Å². The molecule has 0 saturated heterocycles. The van der Waals surface area contributed by atoms with Crippen molar-refractivity contribution in [3.8, 4) is 11.3 Å². The summed E-state index contributed by atoms with van der Waals surface area (Å²) in [6.07, 6.45) is -2.95. The highest BCUT2D eigenvalue weighted by atomic mass is 19.4. The number of ketones is 2. The van der Waals surface area contributed by atoms with Crippen molar-refractivity contribution >= 4 is 11.6 Å². The minimum absolute atomic E-state index is 0.0576. The predicted octanol–water partition coefficient (Wildman–Crippen LogP) is 4.34. The van der Waals surface area contributed by atoms with Gasteiger partial charge in [-0.15, -0.1) is 0 Å². The molecule has 4 nitrogen and oxygen atoms in total. The van der Waals surface area contributed by atoms with Gasteiger partial charge in [0.15, 0.2) is 0 Å². The lowest BCUT2D eigenvalue weighted by Crippen LogP contribution is -2.25. The molecule has 2 aromatic rings. The number of pyridine rings is 2. The third-order valence-electron chi connectivity index (χ3n) is 3.85. The molecule has 8 heteroatoms. The molecule has 0 aliphatic rings. The van der Waals surface area contributed by atoms with Gasteiger partial charge in [-0.2, -0.15) is 13.2 Å². The Morgan fingerprint density at radius 3 is 2.19 bits per heavy atom. The summed E-state index contributed by atoms with van der Waals surface area (Å²) in [7, 11) is 0. The molecule has 26 heavy (non-hydrogen) atoms. The fraction of sp³-hybridized carbons (Fsp3) is 0.333. The maximum atomic E-state index is 13.5. The summed E-state index contributed by atoms with van der Waals surface area (Å²) >= 11 is 0. The Hall–Kier alpha value is -2.64. The molecule has 2 aromatic heterocycles. The zero-order chi connectivity index (χ0) is 19.5. The molecule has 0 unspecified atom stereocenters. The zero-order valence-electron chi connectivity index (χ0n) is 14.1. The van der Waals surface area contributed by atoms with Crippen molar-refractivity contribution in [2.75, 3.05) is 0 Å². The summed E-state index contributed by atoms with van der Waals surface area (Å²) in [6.45, 7) is 2.96. The normalized spacial score (nSPS) is 11.7. The van der Waals surface area contributed by atoms with Crippen LogP contribution >= 0.6 is 0 Å². The van der Waals surface area contributed by atoms with Crippen molar-refractivity contribution in [1.29, 1.82) is 0 Å². The quantitative estimate of drug-likeness (QED) is 0.562. The number of aromatic nitrogens is 2. The van der Waals surface area contributed by atoms with Gasteiger partial charge in [-0.1, -0.05) is 19.9 Å². The highest BCUT2D eigenvalue weighted by Crippen LogP contribution is 2.36. The molecular formula is C18H16F4N2O2. The Morgan fingerprint density at radius 2 is 1.69 bits per heavy atom. The van der Waals surface area contributed by atoms with Gasteiger partial charge in [0.1, 0.15) is 29.0 Å². The molecule has 0 fully saturated rings. The van der Waals surface area contributed by atoms with E-state index in [4.69, 9.17) is 0 Å². The third-order valence-corrected chi connectivity index (χ3v) is 3.85. The van der Waals surface area contributed by atoms with Gasteiger partial charge >= 0.3 is 6.18 Å². The van der Waals surface area contributed by atoms with E-state index in [1.54, 1.807) is 0 Å². The molecule has 0 aliphatic carbocycles. The van der Waals surface area contributed by atoms with Crippen LogP contribution in [0.5, 0.6) is 0 Å². The topological polar surface area (TPSA) is 59.9 Å². The van der Waals surface area contributed by atoms with Gasteiger partial charge in [0.25, 0.3) is 0 Å². The van der Waals surface area contributed by atoms with E-state index < -0.39 is 40.7 Å². The van der Waals surface area contributed by atoms with Gasteiger partial charge in [-0.05, 0) is 12.1 Å². The molecule has 138 valence electrons. The van der Waals surface area contributed by atoms with Crippen LogP contribution in [0.1, 0.15) is 43.9 Å². The highest BCUT2D eigenvalue weighted by Gasteiger charge is 2.40. The number of rotatable bonds is 6. The second-order valence-corrected chi connectivity index (χ2v) is 5.60. The Morgan fingerprint density at radius 1 is 1.08 bits per heavy atom. The first-order valence-corrected chi connectivity index (χ1v) is 7.93. The van der Waals surface area contributed by atoms with Crippen LogP contribution in [-0.4, -0.2) is 21.5 Å². The van der Waals surface area contributed by atoms with Crippen molar-refractivity contribution in [3.05, 3.63) is 47.7 Å². The van der Waals surface area contributed by atoms with E-state index in [1.807, 2.05) is 0 Å². The van der Waals surface area contributed by atoms with Gasteiger partial charge in [-0.3, -0.25) is 14.6 Å². The molecule has 2 heterocycles. The van der Waals surface area contributed by atoms with Gasteiger partial charge < -0.3 is 0 Å². The Kier molecular flexibility index (Phi) is 5.84. The summed E-state index contributed by atoms with van der Waals surface area (Å²) in [6, 6.07) is 3.28. The largest absolute Gasteiger partial charge is 0.433 e. The first kappa shape index (κ1) is 19.7. The fourth-order valence-corrected chi connectivity index (χ4v) is 2.58. The summed E-state index contributed by atoms with van der Waals surface area (Å²) in [5, 5.41) is 0. The van der Waals surface area contributed by atoms with Crippen LogP contribution in [0.4, 0.5) is 17.6 Å². The average Bonchev–Trinajstić information content (AvgIpc) is 2.60. The van der Waals surface area contributed by atoms with Crippen molar-refractivity contribution in [1.82, 2.24) is 9.97 Å². The van der Waals surface area contributed by atoms with E-state index >= 15 is 0 Å². The van der Waals surface area contributed by atoms with Crippen LogP contribution in [0.2, 0.25) is 0 Å². The summed E-state index contributed by atoms with van der Waals surface area (Å²) < 4.78 is 53.9. The second-order valence-electron chi connectivity index (χ2n) is 5.60. The third kappa shape index (κ3) is 4.12. The number of carbonyl (C=O) groups is 2. The molecular weight excluding hydrogens is 352 g/mol. The van der Waals surface area contributed by atoms with E-state index in [1.165, 1.54) is 26.1 Å². The van der Waals surface area contributed by atoms with Crippen molar-refractivity contribution < 1.29 is 27.2 Å². The smallest absolute Gasteiger partial charge is 0.299 e. The number of alkyl halides is 3. The van der Waals surface area contributed by atoms with Gasteiger partial charge in [-0.25, -0.2) is 9.37 Å². The first-order valence-electron chi connectivity index (χ1n) is 7.93. The molecule has 0 saturated carbocycles. The molecule has 0 aromatic carbocycles. The molecule has 2 rings (SSSR count). The maximum absolute atomic E-state index is 13.5. The summed E-state index contributed by atoms with van der Waals surface area (Å²) in [5.41, 5.74) is -1.90. The minimum Gasteiger partial charge on any atom is -0.299 e. The van der Waals surface area contributed by atoms with Crippen LogP contribution in [0.25, 0.3) is 11.3 Å². The number of halogens is 4. The Balaban J connectivity index is 2.67. The highest BCUT2D eigenvalue weighted by molar-refractivity contribution is 6.07. The van der Waals surface area contributed by atoms with Crippen molar-refractivity contribution in [2.45, 2.75) is 38.8 Å². The van der Waals surface area contributed by atoms with Crippen molar-refractivity contribution in [2.24, 2.45) is 0 Å². The molecule has 0 bridgehead atoms. The van der Waals surface area contributed by atoms with E-state index in [0.29, 0.717) is 0 Å². The Bertz CT molecular complexity index is 818. The van der Waals surface area contributed by atoms with Crippen LogP contribution in [0.15, 0.2) is 30.6 Å². The van der Waals surface area contributed by atoms with Crippen LogP contribution in [0, 0.1) is 5.82 Å². The average molecular weight is 368 g/mol. The van der Waals surface area contributed by atoms with Crippen LogP contribution in [-0.2, 0) is 15.8 Å².